The molecule has 8 atom stereocenters. The molecule has 7 N–H and O–H groups in total. The first kappa shape index (κ1) is 57.9. The summed E-state index contributed by atoms with van der Waals surface area (Å²) in [4.78, 5) is 13.1. The number of rotatable bonds is 43. The fraction of sp³-hybridized carbons (Fsp3) is 0.941. The van der Waals surface area contributed by atoms with Crippen molar-refractivity contribution in [2.24, 2.45) is 5.92 Å². The van der Waals surface area contributed by atoms with Gasteiger partial charge in [0.05, 0.1) is 25.4 Å². The van der Waals surface area contributed by atoms with Gasteiger partial charge in [-0.15, -0.1) is 0 Å². The molecule has 0 aliphatic carbocycles. The average Bonchev–Trinajstić information content (AvgIpc) is 3.25. The van der Waals surface area contributed by atoms with E-state index >= 15 is 0 Å². The Morgan fingerprint density at radius 2 is 1.00 bits per heavy atom. The molecule has 1 rings (SSSR count). The average molecular weight is 870 g/mol. The van der Waals surface area contributed by atoms with Gasteiger partial charge in [0.25, 0.3) is 0 Å². The molecule has 1 unspecified atom stereocenters. The van der Waals surface area contributed by atoms with Gasteiger partial charge < -0.3 is 45.4 Å². The van der Waals surface area contributed by atoms with E-state index in [-0.39, 0.29) is 6.61 Å². The van der Waals surface area contributed by atoms with Crippen molar-refractivity contribution >= 4 is 5.91 Å². The first-order chi connectivity index (χ1) is 29.6. The quantitative estimate of drug-likeness (QED) is 0.0233. The largest absolute Gasteiger partial charge is 0.394 e. The predicted octanol–water partition coefficient (Wildman–Crippen LogP) is 10.5. The van der Waals surface area contributed by atoms with Crippen LogP contribution >= 0.6 is 0 Å². The number of hydrogen-bond acceptors (Lipinski definition) is 9. The molecule has 0 aromatic carbocycles. The highest BCUT2D eigenvalue weighted by atomic mass is 16.7. The molecule has 1 heterocycles. The molecule has 0 bridgehead atoms. The van der Waals surface area contributed by atoms with Crippen LogP contribution in [-0.4, -0.2) is 98.7 Å². The lowest BCUT2D eigenvalue weighted by atomic mass is 9.99. The van der Waals surface area contributed by atoms with E-state index in [2.05, 4.69) is 26.1 Å². The number of ether oxygens (including phenoxy) is 2. The number of nitrogens with one attached hydrogen (secondary N) is 1. The summed E-state index contributed by atoms with van der Waals surface area (Å²) in [5.74, 6) is 0.152. The highest BCUT2D eigenvalue weighted by Gasteiger charge is 2.44. The van der Waals surface area contributed by atoms with Gasteiger partial charge in [0, 0.05) is 0 Å². The zero-order valence-corrected chi connectivity index (χ0v) is 39.7. The van der Waals surface area contributed by atoms with Crippen molar-refractivity contribution in [1.29, 1.82) is 0 Å². The van der Waals surface area contributed by atoms with Crippen LogP contribution in [0.3, 0.4) is 0 Å². The molecule has 1 fully saturated rings. The third kappa shape index (κ3) is 31.4. The lowest BCUT2D eigenvalue weighted by Gasteiger charge is -2.40. The fourth-order valence-corrected chi connectivity index (χ4v) is 8.41. The summed E-state index contributed by atoms with van der Waals surface area (Å²) >= 11 is 0. The molecule has 61 heavy (non-hydrogen) atoms. The van der Waals surface area contributed by atoms with Crippen LogP contribution in [0.5, 0.6) is 0 Å². The smallest absolute Gasteiger partial charge is 0.249 e. The molecule has 0 radical (unpaired) electrons. The Hall–Kier alpha value is -1.11. The normalized spacial score (nSPS) is 21.0. The Morgan fingerprint density at radius 1 is 0.590 bits per heavy atom. The van der Waals surface area contributed by atoms with E-state index in [9.17, 15) is 35.4 Å². The lowest BCUT2D eigenvalue weighted by molar-refractivity contribution is -0.302. The summed E-state index contributed by atoms with van der Waals surface area (Å²) in [5, 5.41) is 64.7. The monoisotopic (exact) mass is 870 g/mol. The summed E-state index contributed by atoms with van der Waals surface area (Å²) in [6.45, 7) is 5.92. The molecule has 0 aromatic heterocycles. The van der Waals surface area contributed by atoms with Gasteiger partial charge in [-0.2, -0.15) is 0 Å². The second-order valence-corrected chi connectivity index (χ2v) is 18.9. The highest BCUT2D eigenvalue weighted by molar-refractivity contribution is 5.80. The molecule has 10 heteroatoms. The van der Waals surface area contributed by atoms with Gasteiger partial charge in [0.2, 0.25) is 5.91 Å². The number of carbonyl (C=O) groups is 1. The van der Waals surface area contributed by atoms with Gasteiger partial charge in [0.1, 0.15) is 30.5 Å². The van der Waals surface area contributed by atoms with Crippen LogP contribution in [-0.2, 0) is 14.3 Å². The first-order valence-electron chi connectivity index (χ1n) is 25.9. The Kier molecular flexibility index (Phi) is 38.4. The van der Waals surface area contributed by atoms with Gasteiger partial charge in [-0.25, -0.2) is 0 Å². The van der Waals surface area contributed by atoms with E-state index in [1.165, 1.54) is 167 Å². The second kappa shape index (κ2) is 40.4. The zero-order valence-electron chi connectivity index (χ0n) is 39.7. The number of hydrogen-bond donors (Lipinski definition) is 7. The molecular formula is C51H99NO9. The minimum Gasteiger partial charge on any atom is -0.394 e. The topological polar surface area (TPSA) is 169 Å². The summed E-state index contributed by atoms with van der Waals surface area (Å²) in [7, 11) is 0. The first-order valence-corrected chi connectivity index (χ1v) is 25.9. The van der Waals surface area contributed by atoms with Crippen LogP contribution < -0.4 is 5.32 Å². The molecule has 1 saturated heterocycles. The number of carbonyl (C=O) groups excluding carboxylic acids is 1. The molecule has 1 aliphatic rings. The van der Waals surface area contributed by atoms with Gasteiger partial charge in [-0.05, 0) is 25.2 Å². The number of unbranched alkanes of at least 4 members (excludes halogenated alkanes) is 30. The standard InChI is InChI=1S/C51H99NO9/c1-4-5-6-7-8-9-10-11-12-13-14-15-16-17-18-19-20-21-22-23-26-30-33-36-39-45(55)50(59)52-43(41-60-51-49(58)48(57)47(56)46(40-53)61-51)44(54)38-35-32-29-27-24-25-28-31-34-37-42(2)3/h35,38,42-49,51,53-58H,4-34,36-37,39-41H2,1-3H3,(H,52,59)/b38-35+/t43-,44+,45?,46+,47+,48-,49+,51+/m0/s1. The lowest BCUT2D eigenvalue weighted by Crippen LogP contribution is -2.60. The molecule has 362 valence electrons. The minimum absolute atomic E-state index is 0.303. The van der Waals surface area contributed by atoms with Crippen LogP contribution in [0.25, 0.3) is 0 Å². The van der Waals surface area contributed by atoms with Gasteiger partial charge >= 0.3 is 0 Å². The third-order valence-corrected chi connectivity index (χ3v) is 12.6. The van der Waals surface area contributed by atoms with E-state index in [0.717, 1.165) is 50.9 Å². The molecule has 0 spiro atoms. The van der Waals surface area contributed by atoms with Gasteiger partial charge in [0.15, 0.2) is 6.29 Å². The maximum atomic E-state index is 13.1. The summed E-state index contributed by atoms with van der Waals surface area (Å²) in [6, 6.07) is -0.976. The van der Waals surface area contributed by atoms with E-state index in [0.29, 0.717) is 6.42 Å². The van der Waals surface area contributed by atoms with Crippen LogP contribution in [0.2, 0.25) is 0 Å². The van der Waals surface area contributed by atoms with Crippen molar-refractivity contribution in [1.82, 2.24) is 5.32 Å². The number of aliphatic hydroxyl groups is 6. The highest BCUT2D eigenvalue weighted by Crippen LogP contribution is 2.23. The van der Waals surface area contributed by atoms with Crippen molar-refractivity contribution in [3.05, 3.63) is 12.2 Å². The SMILES string of the molecule is CCCCCCCCCCCCCCCCCCCCCCCCCCC(O)C(=O)N[C@@H](CO[C@@H]1O[C@H](CO)[C@@H](O)[C@H](O)[C@H]1O)[C@H](O)/C=C/CCCCCCCCCC(C)C. The van der Waals surface area contributed by atoms with Gasteiger partial charge in [-0.3, -0.25) is 4.79 Å². The molecule has 1 aliphatic heterocycles. The molecule has 0 saturated carbocycles. The predicted molar refractivity (Wildman–Crippen MR) is 250 cm³/mol. The molecular weight excluding hydrogens is 771 g/mol. The Balaban J connectivity index is 2.26. The van der Waals surface area contributed by atoms with Crippen LogP contribution in [0.4, 0.5) is 0 Å². The summed E-state index contributed by atoms with van der Waals surface area (Å²) in [5.41, 5.74) is 0. The van der Waals surface area contributed by atoms with Crippen molar-refractivity contribution in [3.8, 4) is 0 Å². The number of allylic oxidation sites excluding steroid dienone is 1. The van der Waals surface area contributed by atoms with Crippen LogP contribution in [0, 0.1) is 5.92 Å². The summed E-state index contributed by atoms with van der Waals surface area (Å²) in [6.07, 6.45) is 36.1. The van der Waals surface area contributed by atoms with Crippen LogP contribution in [0.15, 0.2) is 12.2 Å². The fourth-order valence-electron chi connectivity index (χ4n) is 8.41. The maximum Gasteiger partial charge on any atom is 0.249 e. The van der Waals surface area contributed by atoms with E-state index in [1.807, 2.05) is 6.08 Å². The Bertz CT molecular complexity index is 997. The minimum atomic E-state index is -1.61. The third-order valence-electron chi connectivity index (χ3n) is 12.6. The van der Waals surface area contributed by atoms with Crippen molar-refractivity contribution in [2.75, 3.05) is 13.2 Å². The van der Waals surface area contributed by atoms with E-state index in [4.69, 9.17) is 9.47 Å². The maximum absolute atomic E-state index is 13.1. The van der Waals surface area contributed by atoms with Crippen molar-refractivity contribution < 1.29 is 44.9 Å². The molecule has 0 aromatic rings. The van der Waals surface area contributed by atoms with Crippen LogP contribution in [0.1, 0.15) is 239 Å². The van der Waals surface area contributed by atoms with Gasteiger partial charge in [-0.1, -0.05) is 232 Å². The summed E-state index contributed by atoms with van der Waals surface area (Å²) < 4.78 is 11.1. The Labute approximate surface area is 374 Å². The van der Waals surface area contributed by atoms with E-state index < -0.39 is 61.5 Å². The second-order valence-electron chi connectivity index (χ2n) is 18.9. The number of amides is 1. The Morgan fingerprint density at radius 3 is 1.43 bits per heavy atom. The molecule has 1 amide bonds. The van der Waals surface area contributed by atoms with E-state index in [1.54, 1.807) is 6.08 Å². The zero-order chi connectivity index (χ0) is 44.8. The number of aliphatic hydroxyl groups excluding tert-OH is 6. The van der Waals surface area contributed by atoms with Crippen molar-refractivity contribution in [2.45, 2.75) is 288 Å². The van der Waals surface area contributed by atoms with Crippen molar-refractivity contribution in [3.63, 3.8) is 0 Å². The molecule has 10 nitrogen and oxygen atoms in total.